The van der Waals surface area contributed by atoms with Crippen molar-refractivity contribution in [3.63, 3.8) is 0 Å². The number of hydrogen-bond donors (Lipinski definition) is 1. The monoisotopic (exact) mass is 241 g/mol. The first kappa shape index (κ1) is 11.2. The summed E-state index contributed by atoms with van der Waals surface area (Å²) in [6.45, 7) is 3.98. The molecule has 0 saturated heterocycles. The third-order valence-corrected chi connectivity index (χ3v) is 3.67. The molecule has 1 aliphatic carbocycles. The number of aromatic carboxylic acids is 1. The van der Waals surface area contributed by atoms with Crippen molar-refractivity contribution < 1.29 is 9.90 Å². The Morgan fingerprint density at radius 3 is 2.78 bits per heavy atom. The summed E-state index contributed by atoms with van der Waals surface area (Å²) in [5.74, 6) is -0.826. The molecule has 0 radical (unpaired) electrons. The second-order valence-electron chi connectivity index (χ2n) is 5.05. The molecule has 3 rings (SSSR count). The molecule has 0 bridgehead atoms. The average molecular weight is 241 g/mol. The molecule has 1 aromatic carbocycles. The Morgan fingerprint density at radius 2 is 2.06 bits per heavy atom. The zero-order valence-electron chi connectivity index (χ0n) is 10.6. The summed E-state index contributed by atoms with van der Waals surface area (Å²) in [5, 5.41) is 10.3. The number of benzene rings is 1. The Hall–Kier alpha value is -1.90. The van der Waals surface area contributed by atoms with E-state index in [1.165, 1.54) is 0 Å². The van der Waals surface area contributed by atoms with E-state index in [0.717, 1.165) is 52.5 Å². The quantitative estimate of drug-likeness (QED) is 0.834. The van der Waals surface area contributed by atoms with Gasteiger partial charge in [-0.15, -0.1) is 0 Å². The maximum Gasteiger partial charge on any atom is 0.336 e. The van der Waals surface area contributed by atoms with Crippen LogP contribution < -0.4 is 0 Å². The normalized spacial score (nSPS) is 13.9. The molecule has 92 valence electrons. The highest BCUT2D eigenvalue weighted by Gasteiger charge is 2.24. The van der Waals surface area contributed by atoms with Gasteiger partial charge in [0.25, 0.3) is 0 Å². The molecule has 0 amide bonds. The van der Waals surface area contributed by atoms with Gasteiger partial charge in [-0.05, 0) is 55.9 Å². The van der Waals surface area contributed by atoms with Crippen molar-refractivity contribution in [2.75, 3.05) is 0 Å². The number of fused-ring (bicyclic) bond motifs is 2. The molecule has 1 aromatic heterocycles. The van der Waals surface area contributed by atoms with Gasteiger partial charge >= 0.3 is 5.97 Å². The average Bonchev–Trinajstić information content (AvgIpc) is 2.72. The molecule has 1 heterocycles. The Bertz CT molecular complexity index is 674. The van der Waals surface area contributed by atoms with E-state index in [-0.39, 0.29) is 0 Å². The van der Waals surface area contributed by atoms with E-state index in [1.807, 2.05) is 26.0 Å². The van der Waals surface area contributed by atoms with Gasteiger partial charge in [-0.3, -0.25) is 4.98 Å². The van der Waals surface area contributed by atoms with Crippen molar-refractivity contribution in [1.29, 1.82) is 0 Å². The van der Waals surface area contributed by atoms with Crippen molar-refractivity contribution in [3.05, 3.63) is 40.1 Å². The fraction of sp³-hybridized carbons (Fsp3) is 0.333. The minimum absolute atomic E-state index is 0.477. The van der Waals surface area contributed by atoms with E-state index in [9.17, 15) is 9.90 Å². The molecule has 18 heavy (non-hydrogen) atoms. The predicted octanol–water partition coefficient (Wildman–Crippen LogP) is 3.04. The van der Waals surface area contributed by atoms with Crippen LogP contribution in [0.25, 0.3) is 10.9 Å². The first-order valence-corrected chi connectivity index (χ1v) is 6.24. The van der Waals surface area contributed by atoms with Crippen LogP contribution in [0.5, 0.6) is 0 Å². The van der Waals surface area contributed by atoms with Gasteiger partial charge in [0, 0.05) is 11.1 Å². The van der Waals surface area contributed by atoms with E-state index in [0.29, 0.717) is 5.56 Å². The lowest BCUT2D eigenvalue weighted by Gasteiger charge is -2.11. The van der Waals surface area contributed by atoms with Gasteiger partial charge in [0.1, 0.15) is 0 Å². The van der Waals surface area contributed by atoms with Gasteiger partial charge in [0.05, 0.1) is 11.1 Å². The topological polar surface area (TPSA) is 50.2 Å². The number of carbonyl (C=O) groups is 1. The van der Waals surface area contributed by atoms with Gasteiger partial charge in [0.15, 0.2) is 0 Å². The zero-order chi connectivity index (χ0) is 12.9. The van der Waals surface area contributed by atoms with Gasteiger partial charge in [0.2, 0.25) is 0 Å². The Labute approximate surface area is 105 Å². The molecule has 2 aromatic rings. The van der Waals surface area contributed by atoms with Gasteiger partial charge in [-0.2, -0.15) is 0 Å². The molecular weight excluding hydrogens is 226 g/mol. The van der Waals surface area contributed by atoms with Crippen molar-refractivity contribution in [2.45, 2.75) is 33.1 Å². The van der Waals surface area contributed by atoms with Crippen LogP contribution in [0.3, 0.4) is 0 Å². The second-order valence-corrected chi connectivity index (χ2v) is 5.05. The van der Waals surface area contributed by atoms with Crippen LogP contribution in [0.15, 0.2) is 12.1 Å². The summed E-state index contributed by atoms with van der Waals surface area (Å²) >= 11 is 0. The maximum absolute atomic E-state index is 11.6. The lowest BCUT2D eigenvalue weighted by atomic mass is 9.96. The third kappa shape index (κ3) is 1.50. The van der Waals surface area contributed by atoms with E-state index in [2.05, 4.69) is 4.98 Å². The van der Waals surface area contributed by atoms with Gasteiger partial charge in [-0.1, -0.05) is 6.07 Å². The first-order chi connectivity index (χ1) is 8.58. The van der Waals surface area contributed by atoms with E-state index in [1.54, 1.807) is 0 Å². The summed E-state index contributed by atoms with van der Waals surface area (Å²) < 4.78 is 0. The zero-order valence-corrected chi connectivity index (χ0v) is 10.6. The number of carboxylic acid groups (broad SMARTS) is 1. The molecular formula is C15H15NO2. The number of aryl methyl sites for hydroxylation is 3. The third-order valence-electron chi connectivity index (χ3n) is 3.67. The highest BCUT2D eigenvalue weighted by molar-refractivity contribution is 6.05. The molecule has 1 aliphatic rings. The molecule has 3 heteroatoms. The van der Waals surface area contributed by atoms with Gasteiger partial charge in [-0.25, -0.2) is 4.79 Å². The van der Waals surface area contributed by atoms with Crippen LogP contribution in [0.1, 0.15) is 39.2 Å². The molecule has 0 spiro atoms. The van der Waals surface area contributed by atoms with Crippen molar-refractivity contribution in [1.82, 2.24) is 4.98 Å². The van der Waals surface area contributed by atoms with Crippen molar-refractivity contribution in [3.8, 4) is 0 Å². The summed E-state index contributed by atoms with van der Waals surface area (Å²) in [6.07, 6.45) is 2.75. The highest BCUT2D eigenvalue weighted by Crippen LogP contribution is 2.32. The first-order valence-electron chi connectivity index (χ1n) is 6.24. The molecule has 3 nitrogen and oxygen atoms in total. The molecule has 1 N–H and O–H groups in total. The fourth-order valence-corrected chi connectivity index (χ4v) is 3.01. The SMILES string of the molecule is Cc1cc(C)c2c(C(=O)O)c3c(nc2c1)CCC3. The van der Waals surface area contributed by atoms with Crippen molar-refractivity contribution >= 4 is 16.9 Å². The van der Waals surface area contributed by atoms with Crippen LogP contribution in [0.2, 0.25) is 0 Å². The number of carboxylic acids is 1. The number of aromatic nitrogens is 1. The van der Waals surface area contributed by atoms with Crippen molar-refractivity contribution in [2.24, 2.45) is 0 Å². The molecule has 0 aliphatic heterocycles. The fourth-order valence-electron chi connectivity index (χ4n) is 3.01. The smallest absolute Gasteiger partial charge is 0.336 e. The number of rotatable bonds is 1. The van der Waals surface area contributed by atoms with Crippen LogP contribution in [-0.4, -0.2) is 16.1 Å². The van der Waals surface area contributed by atoms with Crippen LogP contribution in [-0.2, 0) is 12.8 Å². The molecule has 0 fully saturated rings. The largest absolute Gasteiger partial charge is 0.478 e. The molecule has 0 saturated carbocycles. The number of pyridine rings is 1. The standard InChI is InChI=1S/C15H15NO2/c1-8-6-9(2)13-12(7-8)16-11-5-3-4-10(11)14(13)15(17)18/h6-7H,3-5H2,1-2H3,(H,17,18). The maximum atomic E-state index is 11.6. The number of nitrogens with zero attached hydrogens (tertiary/aromatic N) is 1. The van der Waals surface area contributed by atoms with Crippen LogP contribution >= 0.6 is 0 Å². The minimum atomic E-state index is -0.826. The van der Waals surface area contributed by atoms with E-state index in [4.69, 9.17) is 0 Å². The Kier molecular flexibility index (Phi) is 2.37. The molecule has 0 atom stereocenters. The minimum Gasteiger partial charge on any atom is -0.478 e. The second kappa shape index (κ2) is 3.80. The lowest BCUT2D eigenvalue weighted by Crippen LogP contribution is -2.06. The summed E-state index contributed by atoms with van der Waals surface area (Å²) in [6, 6.07) is 4.01. The van der Waals surface area contributed by atoms with Crippen LogP contribution in [0.4, 0.5) is 0 Å². The van der Waals surface area contributed by atoms with E-state index >= 15 is 0 Å². The number of hydrogen-bond acceptors (Lipinski definition) is 2. The van der Waals surface area contributed by atoms with Crippen LogP contribution in [0, 0.1) is 13.8 Å². The Balaban J connectivity index is 2.50. The molecule has 0 unspecified atom stereocenters. The highest BCUT2D eigenvalue weighted by atomic mass is 16.4. The summed E-state index contributed by atoms with van der Waals surface area (Å²) in [5.41, 5.74) is 5.36. The van der Waals surface area contributed by atoms with E-state index < -0.39 is 5.97 Å². The summed E-state index contributed by atoms with van der Waals surface area (Å²) in [4.78, 5) is 16.2. The predicted molar refractivity (Wildman–Crippen MR) is 70.2 cm³/mol. The summed E-state index contributed by atoms with van der Waals surface area (Å²) in [7, 11) is 0. The Morgan fingerprint density at radius 1 is 1.28 bits per heavy atom. The van der Waals surface area contributed by atoms with Gasteiger partial charge < -0.3 is 5.11 Å². The lowest BCUT2D eigenvalue weighted by molar-refractivity contribution is 0.0698.